The van der Waals surface area contributed by atoms with Crippen LogP contribution >= 0.6 is 0 Å². The van der Waals surface area contributed by atoms with Crippen LogP contribution in [0, 0.1) is 24.0 Å². The number of amides is 1. The highest BCUT2D eigenvalue weighted by Gasteiger charge is 2.22. The summed E-state index contributed by atoms with van der Waals surface area (Å²) in [6, 6.07) is 10.9. The average molecular weight is 404 g/mol. The van der Waals surface area contributed by atoms with Crippen LogP contribution in [0.4, 0.5) is 11.4 Å². The molecule has 148 valence electrons. The van der Waals surface area contributed by atoms with E-state index in [1.807, 2.05) is 13.0 Å². The van der Waals surface area contributed by atoms with Crippen molar-refractivity contribution in [2.75, 3.05) is 17.1 Å². The number of nitro benzene ring substituents is 1. The molecule has 2 aromatic rings. The van der Waals surface area contributed by atoms with Crippen LogP contribution in [0.25, 0.3) is 0 Å². The molecule has 0 atom stereocenters. The number of hydrazone groups is 1. The van der Waals surface area contributed by atoms with Crippen LogP contribution in [0.1, 0.15) is 16.7 Å². The van der Waals surface area contributed by atoms with Gasteiger partial charge in [0.05, 0.1) is 23.1 Å². The first kappa shape index (κ1) is 21.0. The van der Waals surface area contributed by atoms with Gasteiger partial charge in [0.1, 0.15) is 6.54 Å². The number of aryl methyl sites for hydroxylation is 1. The lowest BCUT2D eigenvalue weighted by atomic mass is 10.1. The van der Waals surface area contributed by atoms with Gasteiger partial charge in [-0.25, -0.2) is 13.8 Å². The molecule has 0 unspecified atom stereocenters. The molecule has 2 aromatic carbocycles. The molecule has 0 fully saturated rings. The monoisotopic (exact) mass is 404 g/mol. The molecule has 0 radical (unpaired) electrons. The molecule has 0 aliphatic heterocycles. The molecule has 0 aromatic heterocycles. The maximum Gasteiger partial charge on any atom is 0.270 e. The Morgan fingerprint density at radius 2 is 1.93 bits per heavy atom. The Bertz CT molecular complexity index is 1030. The summed E-state index contributed by atoms with van der Waals surface area (Å²) in [6.07, 6.45) is 2.27. The number of carbonyl (C=O) groups excluding carboxylic acids is 1. The van der Waals surface area contributed by atoms with Crippen LogP contribution in [-0.4, -0.2) is 38.3 Å². The zero-order chi connectivity index (χ0) is 20.9. The molecule has 0 heterocycles. The summed E-state index contributed by atoms with van der Waals surface area (Å²) in [5, 5.41) is 14.5. The largest absolute Gasteiger partial charge is 0.271 e. The van der Waals surface area contributed by atoms with E-state index in [-0.39, 0.29) is 5.69 Å². The molecule has 9 nitrogen and oxygen atoms in total. The number of hydrogen-bond acceptors (Lipinski definition) is 6. The second-order valence-electron chi connectivity index (χ2n) is 6.13. The topological polar surface area (TPSA) is 122 Å². The van der Waals surface area contributed by atoms with Crippen molar-refractivity contribution in [3.05, 3.63) is 69.3 Å². The smallest absolute Gasteiger partial charge is 0.270 e. The second kappa shape index (κ2) is 8.61. The zero-order valence-electron chi connectivity index (χ0n) is 15.6. The number of rotatable bonds is 7. The van der Waals surface area contributed by atoms with Gasteiger partial charge in [-0.05, 0) is 31.0 Å². The van der Waals surface area contributed by atoms with Gasteiger partial charge in [-0.1, -0.05) is 24.3 Å². The highest BCUT2D eigenvalue weighted by atomic mass is 32.2. The second-order valence-corrected chi connectivity index (χ2v) is 8.04. The Morgan fingerprint density at radius 3 is 2.57 bits per heavy atom. The van der Waals surface area contributed by atoms with Gasteiger partial charge in [0.15, 0.2) is 0 Å². The lowest BCUT2D eigenvalue weighted by Gasteiger charge is -2.23. The van der Waals surface area contributed by atoms with Gasteiger partial charge in [-0.15, -0.1) is 0 Å². The van der Waals surface area contributed by atoms with E-state index < -0.39 is 27.4 Å². The zero-order valence-corrected chi connectivity index (χ0v) is 16.4. The number of nitro groups is 1. The van der Waals surface area contributed by atoms with E-state index >= 15 is 0 Å². The first-order chi connectivity index (χ1) is 13.1. The minimum Gasteiger partial charge on any atom is -0.271 e. The third-order valence-corrected chi connectivity index (χ3v) is 5.14. The first-order valence-corrected chi connectivity index (χ1v) is 10.0. The minimum absolute atomic E-state index is 0.103. The van der Waals surface area contributed by atoms with Crippen molar-refractivity contribution in [1.82, 2.24) is 5.43 Å². The molecule has 0 saturated heterocycles. The van der Waals surface area contributed by atoms with Crippen molar-refractivity contribution >= 4 is 33.5 Å². The molecule has 1 N–H and O–H groups in total. The molecule has 2 rings (SSSR count). The van der Waals surface area contributed by atoms with Crippen LogP contribution in [-0.2, 0) is 14.8 Å². The van der Waals surface area contributed by atoms with Crippen molar-refractivity contribution in [2.45, 2.75) is 13.8 Å². The molecule has 1 amide bonds. The van der Waals surface area contributed by atoms with Crippen molar-refractivity contribution in [1.29, 1.82) is 0 Å². The van der Waals surface area contributed by atoms with Crippen molar-refractivity contribution in [3.8, 4) is 0 Å². The minimum atomic E-state index is -3.70. The predicted octanol–water partition coefficient (Wildman–Crippen LogP) is 2.13. The quantitative estimate of drug-likeness (QED) is 0.430. The standard InChI is InChI=1S/C18H20N4O5S/c1-13-6-4-9-17(14(13)2)21(28(3,26)27)12-18(23)20-19-11-15-7-5-8-16(10-15)22(24)25/h4-11H,12H2,1-3H3,(H,20,23)/b19-11-. The Morgan fingerprint density at radius 1 is 1.25 bits per heavy atom. The van der Waals surface area contributed by atoms with E-state index in [1.165, 1.54) is 24.4 Å². The lowest BCUT2D eigenvalue weighted by Crippen LogP contribution is -2.39. The van der Waals surface area contributed by atoms with E-state index in [1.54, 1.807) is 25.1 Å². The van der Waals surface area contributed by atoms with Gasteiger partial charge >= 0.3 is 0 Å². The summed E-state index contributed by atoms with van der Waals surface area (Å²) in [6.45, 7) is 3.18. The van der Waals surface area contributed by atoms with Crippen LogP contribution in [0.5, 0.6) is 0 Å². The molecule has 0 aliphatic rings. The normalized spacial score (nSPS) is 11.4. The summed E-state index contributed by atoms with van der Waals surface area (Å²) in [4.78, 5) is 22.4. The summed E-state index contributed by atoms with van der Waals surface area (Å²) < 4.78 is 25.3. The predicted molar refractivity (Wildman–Crippen MR) is 107 cm³/mol. The highest BCUT2D eigenvalue weighted by molar-refractivity contribution is 7.92. The fourth-order valence-corrected chi connectivity index (χ4v) is 3.36. The SMILES string of the molecule is Cc1cccc(N(CC(=O)N/N=C\c2cccc([N+](=O)[O-])c2)S(C)(=O)=O)c1C. The van der Waals surface area contributed by atoms with Gasteiger partial charge in [0.2, 0.25) is 10.0 Å². The van der Waals surface area contributed by atoms with E-state index in [2.05, 4.69) is 10.5 Å². The summed E-state index contributed by atoms with van der Waals surface area (Å²) in [5.41, 5.74) is 4.62. The number of non-ortho nitro benzene ring substituents is 1. The van der Waals surface area contributed by atoms with Gasteiger partial charge in [-0.3, -0.25) is 19.2 Å². The van der Waals surface area contributed by atoms with Crippen molar-refractivity contribution in [2.24, 2.45) is 5.10 Å². The Hall–Kier alpha value is -3.27. The average Bonchev–Trinajstić information content (AvgIpc) is 2.62. The molecule has 0 aliphatic carbocycles. The summed E-state index contributed by atoms with van der Waals surface area (Å²) in [7, 11) is -3.70. The Balaban J connectivity index is 2.14. The number of hydrogen-bond donors (Lipinski definition) is 1. The van der Waals surface area contributed by atoms with E-state index in [9.17, 15) is 23.3 Å². The maximum absolute atomic E-state index is 12.2. The lowest BCUT2D eigenvalue weighted by molar-refractivity contribution is -0.384. The van der Waals surface area contributed by atoms with Crippen LogP contribution in [0.2, 0.25) is 0 Å². The van der Waals surface area contributed by atoms with Crippen LogP contribution in [0.15, 0.2) is 47.6 Å². The number of nitrogens with one attached hydrogen (secondary N) is 1. The Labute approximate surface area is 162 Å². The van der Waals surface area contributed by atoms with E-state index in [0.29, 0.717) is 11.3 Å². The fourth-order valence-electron chi connectivity index (χ4n) is 2.45. The van der Waals surface area contributed by atoms with E-state index in [4.69, 9.17) is 0 Å². The van der Waals surface area contributed by atoms with Crippen LogP contribution < -0.4 is 9.73 Å². The molecular formula is C18H20N4O5S. The number of benzene rings is 2. The van der Waals surface area contributed by atoms with Gasteiger partial charge in [-0.2, -0.15) is 5.10 Å². The molecule has 10 heteroatoms. The molecular weight excluding hydrogens is 384 g/mol. The fraction of sp³-hybridized carbons (Fsp3) is 0.222. The summed E-state index contributed by atoms with van der Waals surface area (Å²) in [5.74, 6) is -0.645. The van der Waals surface area contributed by atoms with Crippen LogP contribution in [0.3, 0.4) is 0 Å². The van der Waals surface area contributed by atoms with E-state index in [0.717, 1.165) is 21.7 Å². The molecule has 28 heavy (non-hydrogen) atoms. The molecule has 0 bridgehead atoms. The number of nitrogens with zero attached hydrogens (tertiary/aromatic N) is 3. The number of anilines is 1. The first-order valence-electron chi connectivity index (χ1n) is 8.20. The number of sulfonamides is 1. The highest BCUT2D eigenvalue weighted by Crippen LogP contribution is 2.24. The third-order valence-electron chi connectivity index (χ3n) is 4.02. The molecule has 0 saturated carbocycles. The molecule has 0 spiro atoms. The third kappa shape index (κ3) is 5.36. The summed E-state index contributed by atoms with van der Waals surface area (Å²) >= 11 is 0. The van der Waals surface area contributed by atoms with Gasteiger partial charge < -0.3 is 0 Å². The number of carbonyl (C=O) groups is 1. The van der Waals surface area contributed by atoms with Crippen molar-refractivity contribution in [3.63, 3.8) is 0 Å². The van der Waals surface area contributed by atoms with Crippen molar-refractivity contribution < 1.29 is 18.1 Å². The Kier molecular flexibility index (Phi) is 6.47. The van der Waals surface area contributed by atoms with Gasteiger partial charge in [0.25, 0.3) is 11.6 Å². The maximum atomic E-state index is 12.2. The van der Waals surface area contributed by atoms with Gasteiger partial charge in [0, 0.05) is 17.7 Å².